The van der Waals surface area contributed by atoms with Gasteiger partial charge in [0, 0.05) is 5.69 Å². The predicted octanol–water partition coefficient (Wildman–Crippen LogP) is 3.76. The summed E-state index contributed by atoms with van der Waals surface area (Å²) < 4.78 is 5.14. The third-order valence-corrected chi connectivity index (χ3v) is 4.07. The lowest BCUT2D eigenvalue weighted by Crippen LogP contribution is -2.29. The summed E-state index contributed by atoms with van der Waals surface area (Å²) in [4.78, 5) is 12.0. The fourth-order valence-corrected chi connectivity index (χ4v) is 2.49. The van der Waals surface area contributed by atoms with Gasteiger partial charge in [-0.15, -0.1) is 0 Å². The molecule has 0 spiro atoms. The zero-order valence-corrected chi connectivity index (χ0v) is 15.6. The van der Waals surface area contributed by atoms with Gasteiger partial charge < -0.3 is 15.4 Å². The Kier molecular flexibility index (Phi) is 6.59. The molecule has 0 bridgehead atoms. The molecular formula is C21H28N2O2. The SMILES string of the molecule is COc1ccc(CCNCC(=O)Nc2ccc(C(C)(C)C)cc2)cc1. The fourth-order valence-electron chi connectivity index (χ4n) is 2.49. The summed E-state index contributed by atoms with van der Waals surface area (Å²) in [6.07, 6.45) is 0.873. The van der Waals surface area contributed by atoms with Crippen LogP contribution in [0.3, 0.4) is 0 Å². The van der Waals surface area contributed by atoms with Crippen LogP contribution in [-0.2, 0) is 16.6 Å². The number of ether oxygens (including phenoxy) is 1. The van der Waals surface area contributed by atoms with Crippen molar-refractivity contribution in [2.75, 3.05) is 25.5 Å². The molecule has 0 saturated carbocycles. The largest absolute Gasteiger partial charge is 0.497 e. The fraction of sp³-hybridized carbons (Fsp3) is 0.381. The van der Waals surface area contributed by atoms with Gasteiger partial charge in [0.2, 0.25) is 5.91 Å². The van der Waals surface area contributed by atoms with E-state index in [1.54, 1.807) is 7.11 Å². The Hall–Kier alpha value is -2.33. The van der Waals surface area contributed by atoms with E-state index in [1.807, 2.05) is 36.4 Å². The molecule has 134 valence electrons. The topological polar surface area (TPSA) is 50.4 Å². The molecule has 0 aliphatic heterocycles. The second-order valence-corrected chi connectivity index (χ2v) is 7.15. The standard InChI is InChI=1S/C21H28N2O2/c1-21(2,3)17-7-9-18(10-8-17)23-20(24)15-22-14-13-16-5-11-19(25-4)12-6-16/h5-12,22H,13-15H2,1-4H3,(H,23,24). The number of anilines is 1. The smallest absolute Gasteiger partial charge is 0.238 e. The molecule has 2 N–H and O–H groups in total. The van der Waals surface area contributed by atoms with E-state index in [1.165, 1.54) is 11.1 Å². The van der Waals surface area contributed by atoms with Gasteiger partial charge in [-0.3, -0.25) is 4.79 Å². The van der Waals surface area contributed by atoms with Crippen molar-refractivity contribution >= 4 is 11.6 Å². The first-order valence-electron chi connectivity index (χ1n) is 8.62. The molecule has 2 aromatic rings. The average Bonchev–Trinajstić information content (AvgIpc) is 2.59. The van der Waals surface area contributed by atoms with Gasteiger partial charge in [-0.05, 0) is 53.8 Å². The van der Waals surface area contributed by atoms with Crippen LogP contribution in [0, 0.1) is 0 Å². The molecule has 4 heteroatoms. The maximum atomic E-state index is 12.0. The number of benzene rings is 2. The van der Waals surface area contributed by atoms with Crippen LogP contribution >= 0.6 is 0 Å². The van der Waals surface area contributed by atoms with Gasteiger partial charge >= 0.3 is 0 Å². The molecule has 0 saturated heterocycles. The van der Waals surface area contributed by atoms with Crippen molar-refractivity contribution in [1.29, 1.82) is 0 Å². The number of carbonyl (C=O) groups is 1. The summed E-state index contributed by atoms with van der Waals surface area (Å²) in [6.45, 7) is 7.58. The minimum absolute atomic E-state index is 0.0294. The lowest BCUT2D eigenvalue weighted by Gasteiger charge is -2.19. The number of carbonyl (C=O) groups excluding carboxylic acids is 1. The molecule has 0 heterocycles. The molecule has 2 aromatic carbocycles. The maximum absolute atomic E-state index is 12.0. The number of hydrogen-bond acceptors (Lipinski definition) is 3. The van der Waals surface area contributed by atoms with Crippen LogP contribution in [0.15, 0.2) is 48.5 Å². The number of methoxy groups -OCH3 is 1. The van der Waals surface area contributed by atoms with E-state index in [0.717, 1.165) is 24.4 Å². The Labute approximate surface area is 150 Å². The maximum Gasteiger partial charge on any atom is 0.238 e. The van der Waals surface area contributed by atoms with Crippen LogP contribution in [0.4, 0.5) is 5.69 Å². The molecule has 0 aliphatic carbocycles. The zero-order chi connectivity index (χ0) is 18.3. The highest BCUT2D eigenvalue weighted by atomic mass is 16.5. The van der Waals surface area contributed by atoms with Crippen molar-refractivity contribution in [3.05, 3.63) is 59.7 Å². The first kappa shape index (κ1) is 19.0. The van der Waals surface area contributed by atoms with Gasteiger partial charge in [-0.1, -0.05) is 45.0 Å². The van der Waals surface area contributed by atoms with E-state index in [0.29, 0.717) is 6.54 Å². The number of hydrogen-bond donors (Lipinski definition) is 2. The molecule has 25 heavy (non-hydrogen) atoms. The van der Waals surface area contributed by atoms with Crippen LogP contribution in [0.1, 0.15) is 31.9 Å². The highest BCUT2D eigenvalue weighted by molar-refractivity contribution is 5.92. The van der Waals surface area contributed by atoms with E-state index in [2.05, 4.69) is 43.5 Å². The van der Waals surface area contributed by atoms with Gasteiger partial charge in [-0.2, -0.15) is 0 Å². The summed E-state index contributed by atoms with van der Waals surface area (Å²) in [5.41, 5.74) is 3.41. The van der Waals surface area contributed by atoms with Crippen molar-refractivity contribution in [1.82, 2.24) is 5.32 Å². The Morgan fingerprint density at radius 1 is 1.00 bits per heavy atom. The predicted molar refractivity (Wildman–Crippen MR) is 103 cm³/mol. The van der Waals surface area contributed by atoms with Crippen molar-refractivity contribution in [2.24, 2.45) is 0 Å². The average molecular weight is 340 g/mol. The van der Waals surface area contributed by atoms with Crippen LogP contribution < -0.4 is 15.4 Å². The van der Waals surface area contributed by atoms with Gasteiger partial charge in [-0.25, -0.2) is 0 Å². The van der Waals surface area contributed by atoms with E-state index in [9.17, 15) is 4.79 Å². The summed E-state index contributed by atoms with van der Waals surface area (Å²) in [5.74, 6) is 0.826. The second kappa shape index (κ2) is 8.67. The molecule has 0 radical (unpaired) electrons. The van der Waals surface area contributed by atoms with Gasteiger partial charge in [0.05, 0.1) is 13.7 Å². The minimum atomic E-state index is -0.0294. The summed E-state index contributed by atoms with van der Waals surface area (Å²) in [5, 5.41) is 6.09. The molecule has 1 amide bonds. The first-order valence-corrected chi connectivity index (χ1v) is 8.62. The van der Waals surface area contributed by atoms with E-state index in [-0.39, 0.29) is 11.3 Å². The molecule has 2 rings (SSSR count). The van der Waals surface area contributed by atoms with Crippen LogP contribution in [0.25, 0.3) is 0 Å². The summed E-state index contributed by atoms with van der Waals surface area (Å²) >= 11 is 0. The van der Waals surface area contributed by atoms with E-state index in [4.69, 9.17) is 4.74 Å². The lowest BCUT2D eigenvalue weighted by molar-refractivity contribution is -0.115. The number of rotatable bonds is 7. The quantitative estimate of drug-likeness (QED) is 0.755. The highest BCUT2D eigenvalue weighted by Gasteiger charge is 2.13. The Bertz CT molecular complexity index is 671. The van der Waals surface area contributed by atoms with Crippen molar-refractivity contribution in [3.63, 3.8) is 0 Å². The zero-order valence-electron chi connectivity index (χ0n) is 15.6. The lowest BCUT2D eigenvalue weighted by atomic mass is 9.87. The van der Waals surface area contributed by atoms with Crippen molar-refractivity contribution < 1.29 is 9.53 Å². The molecule has 0 atom stereocenters. The van der Waals surface area contributed by atoms with E-state index >= 15 is 0 Å². The van der Waals surface area contributed by atoms with Crippen molar-refractivity contribution in [2.45, 2.75) is 32.6 Å². The van der Waals surface area contributed by atoms with Crippen molar-refractivity contribution in [3.8, 4) is 5.75 Å². The molecule has 0 fully saturated rings. The third-order valence-electron chi connectivity index (χ3n) is 4.07. The Morgan fingerprint density at radius 2 is 1.64 bits per heavy atom. The van der Waals surface area contributed by atoms with Gasteiger partial charge in [0.25, 0.3) is 0 Å². The number of amides is 1. The summed E-state index contributed by atoms with van der Waals surface area (Å²) in [6, 6.07) is 16.0. The first-order chi connectivity index (χ1) is 11.9. The van der Waals surface area contributed by atoms with Crippen LogP contribution in [0.5, 0.6) is 5.75 Å². The number of nitrogens with one attached hydrogen (secondary N) is 2. The summed E-state index contributed by atoms with van der Waals surface area (Å²) in [7, 11) is 1.66. The molecular weight excluding hydrogens is 312 g/mol. The minimum Gasteiger partial charge on any atom is -0.497 e. The van der Waals surface area contributed by atoms with Gasteiger partial charge in [0.15, 0.2) is 0 Å². The Morgan fingerprint density at radius 3 is 2.20 bits per heavy atom. The normalized spacial score (nSPS) is 11.2. The third kappa shape index (κ3) is 6.24. The van der Waals surface area contributed by atoms with Crippen LogP contribution in [-0.4, -0.2) is 26.1 Å². The van der Waals surface area contributed by atoms with Gasteiger partial charge in [0.1, 0.15) is 5.75 Å². The second-order valence-electron chi connectivity index (χ2n) is 7.15. The monoisotopic (exact) mass is 340 g/mol. The Balaban J connectivity index is 1.71. The molecule has 0 unspecified atom stereocenters. The molecule has 4 nitrogen and oxygen atoms in total. The molecule has 0 aliphatic rings. The molecule has 0 aromatic heterocycles. The van der Waals surface area contributed by atoms with E-state index < -0.39 is 0 Å². The highest BCUT2D eigenvalue weighted by Crippen LogP contribution is 2.23. The van der Waals surface area contributed by atoms with Crippen LogP contribution in [0.2, 0.25) is 0 Å².